The number of benzene rings is 2. The second-order valence-corrected chi connectivity index (χ2v) is 9.51. The molecule has 3 aromatic rings. The van der Waals surface area contributed by atoms with Gasteiger partial charge in [-0.15, -0.1) is 0 Å². The summed E-state index contributed by atoms with van der Waals surface area (Å²) in [7, 11) is 3.15. The maximum atomic E-state index is 12.2. The first-order chi connectivity index (χ1) is 17.7. The molecule has 0 unspecified atom stereocenters. The molecule has 10 nitrogen and oxygen atoms in total. The van der Waals surface area contributed by atoms with E-state index in [4.69, 9.17) is 22.1 Å². The molecule has 1 aliphatic heterocycles. The Morgan fingerprint density at radius 3 is 2.68 bits per heavy atom. The molecule has 4 rings (SSSR count). The zero-order valence-electron chi connectivity index (χ0n) is 21.0. The Kier molecular flexibility index (Phi) is 7.68. The highest BCUT2D eigenvalue weighted by molar-refractivity contribution is 6.33. The second-order valence-electron chi connectivity index (χ2n) is 9.10. The van der Waals surface area contributed by atoms with Crippen LogP contribution in [0.5, 0.6) is 5.75 Å². The number of nitrogens with two attached hydrogens (primary N) is 1. The average Bonchev–Trinajstić information content (AvgIpc) is 2.90. The Balaban J connectivity index is 1.56. The van der Waals surface area contributed by atoms with Crippen molar-refractivity contribution in [1.29, 1.82) is 0 Å². The van der Waals surface area contributed by atoms with Crippen molar-refractivity contribution in [3.8, 4) is 5.75 Å². The number of amides is 2. The first-order valence-electron chi connectivity index (χ1n) is 11.8. The first-order valence-corrected chi connectivity index (χ1v) is 12.2. The van der Waals surface area contributed by atoms with Gasteiger partial charge in [0, 0.05) is 31.9 Å². The minimum absolute atomic E-state index is 0.235. The molecule has 1 aliphatic rings. The number of nitrogens with zero attached hydrogens (tertiary/aromatic N) is 3. The molecule has 2 amide bonds. The van der Waals surface area contributed by atoms with Crippen molar-refractivity contribution in [2.24, 2.45) is 11.1 Å². The summed E-state index contributed by atoms with van der Waals surface area (Å²) in [5.74, 6) is 0.688. The number of hydrogen-bond donors (Lipinski definition) is 4. The van der Waals surface area contributed by atoms with Gasteiger partial charge in [0.15, 0.2) is 5.82 Å². The highest BCUT2D eigenvalue weighted by Gasteiger charge is 2.36. The van der Waals surface area contributed by atoms with Crippen molar-refractivity contribution < 1.29 is 14.3 Å². The third-order valence-corrected chi connectivity index (χ3v) is 6.76. The average molecular weight is 524 g/mol. The lowest BCUT2D eigenvalue weighted by Crippen LogP contribution is -2.48. The molecular weight excluding hydrogens is 494 g/mol. The molecule has 1 aromatic heterocycles. The highest BCUT2D eigenvalue weighted by atomic mass is 35.5. The first kappa shape index (κ1) is 26.0. The smallest absolute Gasteiger partial charge is 0.253 e. The minimum Gasteiger partial charge on any atom is -0.494 e. The van der Waals surface area contributed by atoms with Crippen LogP contribution in [-0.2, 0) is 4.79 Å². The Hall–Kier alpha value is -4.05. The lowest BCUT2D eigenvalue weighted by molar-refractivity contribution is -0.127. The summed E-state index contributed by atoms with van der Waals surface area (Å²) in [5.41, 5.74) is 7.68. The quantitative estimate of drug-likeness (QED) is 0.347. The largest absolute Gasteiger partial charge is 0.494 e. The number of hydrogen-bond acceptors (Lipinski definition) is 8. The fourth-order valence-electron chi connectivity index (χ4n) is 4.33. The zero-order valence-corrected chi connectivity index (χ0v) is 21.7. The van der Waals surface area contributed by atoms with E-state index >= 15 is 0 Å². The Labute approximate surface area is 220 Å². The summed E-state index contributed by atoms with van der Waals surface area (Å²) >= 11 is 6.35. The molecule has 37 heavy (non-hydrogen) atoms. The predicted molar refractivity (Wildman–Crippen MR) is 145 cm³/mol. The molecule has 0 spiro atoms. The molecule has 194 valence electrons. The Morgan fingerprint density at radius 2 is 1.95 bits per heavy atom. The van der Waals surface area contributed by atoms with E-state index in [1.807, 2.05) is 31.2 Å². The lowest BCUT2D eigenvalue weighted by Gasteiger charge is -2.39. The minimum atomic E-state index is -0.570. The molecule has 1 saturated heterocycles. The maximum Gasteiger partial charge on any atom is 0.253 e. The molecular formula is C26H30ClN7O3. The fraction of sp³-hybridized carbons (Fsp3) is 0.308. The Bertz CT molecular complexity index is 1320. The van der Waals surface area contributed by atoms with Gasteiger partial charge in [-0.2, -0.15) is 4.98 Å². The normalized spacial score (nSPS) is 17.1. The van der Waals surface area contributed by atoms with Crippen LogP contribution in [0.4, 0.5) is 28.8 Å². The SMILES string of the molecule is CNC(=O)c1ccccc1Nc1nc(Nc2ccc(N3CCC[C@](C)(C(N)=O)C3)cc2OC)ncc1Cl. The maximum absolute atomic E-state index is 12.2. The number of primary amides is 1. The van der Waals surface area contributed by atoms with Gasteiger partial charge in [0.1, 0.15) is 10.8 Å². The van der Waals surface area contributed by atoms with Gasteiger partial charge >= 0.3 is 0 Å². The van der Waals surface area contributed by atoms with Crippen molar-refractivity contribution in [3.05, 3.63) is 59.2 Å². The second kappa shape index (κ2) is 10.9. The van der Waals surface area contributed by atoms with E-state index in [-0.39, 0.29) is 17.8 Å². The third kappa shape index (κ3) is 5.69. The predicted octanol–water partition coefficient (Wildman–Crippen LogP) is 4.08. The van der Waals surface area contributed by atoms with Crippen LogP contribution >= 0.6 is 11.6 Å². The number of carbonyl (C=O) groups excluding carboxylic acids is 2. The summed E-state index contributed by atoms with van der Waals surface area (Å²) in [6.45, 7) is 3.28. The number of halogens is 1. The van der Waals surface area contributed by atoms with Gasteiger partial charge in [-0.1, -0.05) is 23.7 Å². The van der Waals surface area contributed by atoms with Gasteiger partial charge in [-0.25, -0.2) is 4.98 Å². The summed E-state index contributed by atoms with van der Waals surface area (Å²) in [6, 6.07) is 12.8. The number of rotatable bonds is 8. The van der Waals surface area contributed by atoms with Gasteiger partial charge in [0.2, 0.25) is 11.9 Å². The summed E-state index contributed by atoms with van der Waals surface area (Å²) in [4.78, 5) is 35.1. The molecule has 5 N–H and O–H groups in total. The van der Waals surface area contributed by atoms with Crippen LogP contribution in [0.15, 0.2) is 48.7 Å². The molecule has 0 radical (unpaired) electrons. The summed E-state index contributed by atoms with van der Waals surface area (Å²) in [6.07, 6.45) is 3.12. The van der Waals surface area contributed by atoms with Crippen LogP contribution < -0.4 is 31.3 Å². The molecule has 0 saturated carbocycles. The van der Waals surface area contributed by atoms with Crippen molar-refractivity contribution in [3.63, 3.8) is 0 Å². The van der Waals surface area contributed by atoms with Crippen molar-refractivity contribution in [2.75, 3.05) is 42.8 Å². The van der Waals surface area contributed by atoms with E-state index in [2.05, 4.69) is 30.8 Å². The van der Waals surface area contributed by atoms with Gasteiger partial charge in [0.05, 0.1) is 35.7 Å². The van der Waals surface area contributed by atoms with Crippen LogP contribution in [0.25, 0.3) is 0 Å². The standard InChI is InChI=1S/C26H30ClN7O3/c1-26(24(28)36)11-6-12-34(15-26)16-9-10-20(21(13-16)37-3)32-25-30-14-18(27)22(33-25)31-19-8-5-4-7-17(19)23(35)29-2/h4-5,7-10,13-14H,6,11-12,15H2,1-3H3,(H2,28,36)(H,29,35)(H2,30,31,32,33)/t26-/m0/s1. The fourth-order valence-corrected chi connectivity index (χ4v) is 4.47. The van der Waals surface area contributed by atoms with Crippen LogP contribution in [-0.4, -0.2) is 49.0 Å². The van der Waals surface area contributed by atoms with Crippen LogP contribution in [0, 0.1) is 5.41 Å². The number of para-hydroxylation sites is 1. The number of ether oxygens (including phenoxy) is 1. The third-order valence-electron chi connectivity index (χ3n) is 6.48. The molecule has 0 aliphatic carbocycles. The van der Waals surface area contributed by atoms with Crippen LogP contribution in [0.2, 0.25) is 5.02 Å². The summed E-state index contributed by atoms with van der Waals surface area (Å²) in [5, 5.41) is 9.21. The van der Waals surface area contributed by atoms with E-state index in [1.165, 1.54) is 6.20 Å². The number of methoxy groups -OCH3 is 1. The molecule has 2 heterocycles. The van der Waals surface area contributed by atoms with Crippen LogP contribution in [0.3, 0.4) is 0 Å². The van der Waals surface area contributed by atoms with Gasteiger partial charge in [0.25, 0.3) is 5.91 Å². The number of aromatic nitrogens is 2. The zero-order chi connectivity index (χ0) is 26.6. The number of piperidine rings is 1. The van der Waals surface area contributed by atoms with Gasteiger partial charge in [-0.3, -0.25) is 9.59 Å². The summed E-state index contributed by atoms with van der Waals surface area (Å²) < 4.78 is 5.63. The monoisotopic (exact) mass is 523 g/mol. The van der Waals surface area contributed by atoms with Gasteiger partial charge < -0.3 is 31.3 Å². The van der Waals surface area contributed by atoms with Crippen molar-refractivity contribution in [2.45, 2.75) is 19.8 Å². The van der Waals surface area contributed by atoms with Crippen molar-refractivity contribution >= 4 is 52.2 Å². The van der Waals surface area contributed by atoms with E-state index in [1.54, 1.807) is 32.4 Å². The lowest BCUT2D eigenvalue weighted by atomic mass is 9.81. The molecule has 1 fully saturated rings. The van der Waals surface area contributed by atoms with E-state index in [0.29, 0.717) is 40.1 Å². The van der Waals surface area contributed by atoms with E-state index in [9.17, 15) is 9.59 Å². The molecule has 11 heteroatoms. The number of anilines is 5. The Morgan fingerprint density at radius 1 is 1.16 bits per heavy atom. The number of nitrogens with one attached hydrogen (secondary N) is 3. The molecule has 1 atom stereocenters. The van der Waals surface area contributed by atoms with Gasteiger partial charge in [-0.05, 0) is 44.0 Å². The highest BCUT2D eigenvalue weighted by Crippen LogP contribution is 2.36. The number of carbonyl (C=O) groups is 2. The molecule has 2 aromatic carbocycles. The molecule has 0 bridgehead atoms. The topological polar surface area (TPSA) is 134 Å². The van der Waals surface area contributed by atoms with E-state index in [0.717, 1.165) is 25.1 Å². The van der Waals surface area contributed by atoms with E-state index < -0.39 is 5.41 Å². The van der Waals surface area contributed by atoms with Crippen LogP contribution in [0.1, 0.15) is 30.1 Å². The van der Waals surface area contributed by atoms with Crippen molar-refractivity contribution in [1.82, 2.24) is 15.3 Å².